The molecule has 0 aliphatic heterocycles. The van der Waals surface area contributed by atoms with Crippen molar-refractivity contribution in [3.8, 4) is 29.2 Å². The summed E-state index contributed by atoms with van der Waals surface area (Å²) in [6.07, 6.45) is 0. The highest BCUT2D eigenvalue weighted by molar-refractivity contribution is 6.20. The summed E-state index contributed by atoms with van der Waals surface area (Å²) in [6.45, 7) is 0. The van der Waals surface area contributed by atoms with Gasteiger partial charge in [0.25, 0.3) is 0 Å². The minimum absolute atomic E-state index is 0.626. The van der Waals surface area contributed by atoms with Gasteiger partial charge in [0.15, 0.2) is 0 Å². The smallest absolute Gasteiger partial charge is 0.135 e. The van der Waals surface area contributed by atoms with Crippen molar-refractivity contribution in [2.24, 2.45) is 0 Å². The third-order valence-electron chi connectivity index (χ3n) is 11.5. The van der Waals surface area contributed by atoms with E-state index in [0.717, 1.165) is 99.0 Å². The highest BCUT2D eigenvalue weighted by Gasteiger charge is 2.20. The molecular weight excluding hydrogens is 687 g/mol. The largest absolute Gasteiger partial charge is 0.456 e. The minimum atomic E-state index is 0.626. The van der Waals surface area contributed by atoms with Crippen LogP contribution in [0.5, 0.6) is 0 Å². The molecule has 0 spiro atoms. The van der Waals surface area contributed by atoms with Gasteiger partial charge >= 0.3 is 0 Å². The van der Waals surface area contributed by atoms with Gasteiger partial charge in [-0.25, -0.2) is 0 Å². The van der Waals surface area contributed by atoms with Crippen LogP contribution in [0.4, 0.5) is 0 Å². The van der Waals surface area contributed by atoms with Crippen molar-refractivity contribution >= 4 is 87.4 Å². The number of nitrogens with zero attached hydrogens (tertiary/aromatic N) is 5. The number of furan rings is 1. The van der Waals surface area contributed by atoms with Crippen LogP contribution in [0, 0.1) is 22.7 Å². The lowest BCUT2D eigenvalue weighted by Gasteiger charge is -2.10. The van der Waals surface area contributed by atoms with Crippen LogP contribution in [0.2, 0.25) is 0 Å². The van der Waals surface area contributed by atoms with E-state index in [1.54, 1.807) is 0 Å². The molecule has 12 rings (SSSR count). The average Bonchev–Trinajstić information content (AvgIpc) is 3.98. The second-order valence-electron chi connectivity index (χ2n) is 14.4. The van der Waals surface area contributed by atoms with Crippen molar-refractivity contribution in [2.75, 3.05) is 0 Å². The summed E-state index contributed by atoms with van der Waals surface area (Å²) in [6, 6.07) is 61.4. The first-order chi connectivity index (χ1) is 27.7. The Morgan fingerprint density at radius 3 is 1.34 bits per heavy atom. The number of nitriles is 2. The van der Waals surface area contributed by atoms with Gasteiger partial charge in [-0.05, 0) is 109 Å². The molecule has 0 saturated carbocycles. The zero-order valence-corrected chi connectivity index (χ0v) is 29.7. The van der Waals surface area contributed by atoms with Crippen LogP contribution in [0.3, 0.4) is 0 Å². The fraction of sp³-hybridized carbons (Fsp3) is 0. The zero-order chi connectivity index (χ0) is 37.1. The summed E-state index contributed by atoms with van der Waals surface area (Å²) in [5, 5.41) is 28.3. The number of para-hydroxylation sites is 3. The van der Waals surface area contributed by atoms with Gasteiger partial charge in [-0.3, -0.25) is 0 Å². The molecule has 0 radical (unpaired) electrons. The molecule has 0 bridgehead atoms. The van der Waals surface area contributed by atoms with Crippen molar-refractivity contribution in [1.82, 2.24) is 13.7 Å². The molecule has 0 saturated heterocycles. The fourth-order valence-corrected chi connectivity index (χ4v) is 9.04. The van der Waals surface area contributed by atoms with Crippen molar-refractivity contribution < 1.29 is 4.42 Å². The molecule has 0 fully saturated rings. The van der Waals surface area contributed by atoms with Crippen LogP contribution >= 0.6 is 0 Å². The molecule has 0 amide bonds. The number of hydrogen-bond acceptors (Lipinski definition) is 3. The number of hydrogen-bond donors (Lipinski definition) is 0. The maximum atomic E-state index is 9.98. The molecule has 0 unspecified atom stereocenters. The molecule has 258 valence electrons. The van der Waals surface area contributed by atoms with E-state index < -0.39 is 0 Å². The summed E-state index contributed by atoms with van der Waals surface area (Å²) >= 11 is 0. The first-order valence-corrected chi connectivity index (χ1v) is 18.5. The molecule has 12 aromatic rings. The molecule has 0 aliphatic rings. The molecule has 4 aromatic heterocycles. The van der Waals surface area contributed by atoms with E-state index in [2.05, 4.69) is 147 Å². The van der Waals surface area contributed by atoms with E-state index in [0.29, 0.717) is 11.1 Å². The lowest BCUT2D eigenvalue weighted by molar-refractivity contribution is 0.669. The van der Waals surface area contributed by atoms with Crippen molar-refractivity contribution in [2.45, 2.75) is 0 Å². The number of rotatable bonds is 3. The third kappa shape index (κ3) is 4.13. The second-order valence-corrected chi connectivity index (χ2v) is 14.4. The Morgan fingerprint density at radius 1 is 0.321 bits per heavy atom. The van der Waals surface area contributed by atoms with Crippen molar-refractivity contribution in [3.05, 3.63) is 175 Å². The first kappa shape index (κ1) is 30.4. The van der Waals surface area contributed by atoms with Crippen molar-refractivity contribution in [1.29, 1.82) is 10.5 Å². The van der Waals surface area contributed by atoms with E-state index in [4.69, 9.17) is 4.42 Å². The van der Waals surface area contributed by atoms with Crippen LogP contribution in [-0.4, -0.2) is 13.7 Å². The molecule has 0 atom stereocenters. The number of aromatic nitrogens is 3. The van der Waals surface area contributed by atoms with Gasteiger partial charge in [0.05, 0.1) is 56.4 Å². The predicted octanol–water partition coefficient (Wildman–Crippen LogP) is 12.6. The Balaban J connectivity index is 1.13. The van der Waals surface area contributed by atoms with E-state index in [9.17, 15) is 10.5 Å². The highest BCUT2D eigenvalue weighted by Crippen LogP contribution is 2.42. The predicted molar refractivity (Wildman–Crippen MR) is 226 cm³/mol. The Labute approximate surface area is 319 Å². The lowest BCUT2D eigenvalue weighted by atomic mass is 10.1. The van der Waals surface area contributed by atoms with Crippen LogP contribution in [0.25, 0.3) is 104 Å². The molecule has 0 N–H and O–H groups in total. The molecule has 0 aliphatic carbocycles. The van der Waals surface area contributed by atoms with Crippen LogP contribution in [0.15, 0.2) is 168 Å². The molecule has 8 aromatic carbocycles. The van der Waals surface area contributed by atoms with Crippen LogP contribution < -0.4 is 0 Å². The topological polar surface area (TPSA) is 75.5 Å². The second kappa shape index (κ2) is 11.2. The summed E-state index contributed by atoms with van der Waals surface area (Å²) in [5.41, 5.74) is 12.4. The molecule has 6 nitrogen and oxygen atoms in total. The van der Waals surface area contributed by atoms with Crippen molar-refractivity contribution in [3.63, 3.8) is 0 Å². The van der Waals surface area contributed by atoms with Gasteiger partial charge in [-0.1, -0.05) is 54.6 Å². The standard InChI is InChI=1S/C50H27N5O/c51-28-30-14-18-45-37(22-30)35-10-4-7-13-44(35)54(45)33-16-20-49-41(24-33)42-25-34(17-21-50(42)56-49)55-46-19-15-31(29-52)23-38(46)40-26-39-36-11-5-6-12-43(36)53(47(39)27-48(40)55)32-8-2-1-3-9-32/h1-27H. The van der Waals surface area contributed by atoms with E-state index in [1.807, 2.05) is 42.5 Å². The van der Waals surface area contributed by atoms with Gasteiger partial charge < -0.3 is 18.1 Å². The Bertz CT molecular complexity index is 3730. The normalized spacial score (nSPS) is 11.9. The lowest BCUT2D eigenvalue weighted by Crippen LogP contribution is -1.96. The SMILES string of the molecule is N#Cc1ccc2c(c1)c1ccccc1n2-c1ccc2oc3ccc(-n4c5ccc(C#N)cc5c5cc6c7ccccc7n(-c7ccccc7)c6cc54)cc3c2c1. The summed E-state index contributed by atoms with van der Waals surface area (Å²) < 4.78 is 13.4. The Kier molecular flexibility index (Phi) is 6.10. The maximum Gasteiger partial charge on any atom is 0.135 e. The van der Waals surface area contributed by atoms with E-state index >= 15 is 0 Å². The summed E-state index contributed by atoms with van der Waals surface area (Å²) in [5.74, 6) is 0. The van der Waals surface area contributed by atoms with Gasteiger partial charge in [-0.15, -0.1) is 0 Å². The van der Waals surface area contributed by atoms with E-state index in [-0.39, 0.29) is 0 Å². The maximum absolute atomic E-state index is 9.98. The molecule has 56 heavy (non-hydrogen) atoms. The number of fused-ring (bicyclic) bond motifs is 12. The zero-order valence-electron chi connectivity index (χ0n) is 29.7. The van der Waals surface area contributed by atoms with Crippen LogP contribution in [-0.2, 0) is 0 Å². The van der Waals surface area contributed by atoms with Gasteiger partial charge in [0, 0.05) is 60.2 Å². The average molecular weight is 714 g/mol. The Hall–Kier alpha value is -8.06. The van der Waals surface area contributed by atoms with Gasteiger partial charge in [-0.2, -0.15) is 10.5 Å². The molecule has 4 heterocycles. The monoisotopic (exact) mass is 713 g/mol. The van der Waals surface area contributed by atoms with Gasteiger partial charge in [0.2, 0.25) is 0 Å². The minimum Gasteiger partial charge on any atom is -0.456 e. The Morgan fingerprint density at radius 2 is 0.768 bits per heavy atom. The first-order valence-electron chi connectivity index (χ1n) is 18.5. The van der Waals surface area contributed by atoms with Crippen LogP contribution in [0.1, 0.15) is 11.1 Å². The fourth-order valence-electron chi connectivity index (χ4n) is 9.04. The highest BCUT2D eigenvalue weighted by atomic mass is 16.3. The number of benzene rings is 8. The third-order valence-corrected chi connectivity index (χ3v) is 11.5. The summed E-state index contributed by atoms with van der Waals surface area (Å²) in [4.78, 5) is 0. The quantitative estimate of drug-likeness (QED) is 0.183. The van der Waals surface area contributed by atoms with E-state index in [1.165, 1.54) is 5.39 Å². The molecule has 6 heteroatoms. The molecular formula is C50H27N5O. The summed E-state index contributed by atoms with van der Waals surface area (Å²) in [7, 11) is 0. The van der Waals surface area contributed by atoms with Gasteiger partial charge in [0.1, 0.15) is 11.2 Å².